The van der Waals surface area contributed by atoms with Crippen LogP contribution in [0, 0.1) is 0 Å². The number of unbranched alkanes of at least 4 members (excludes halogenated alkanes) is 40. The second-order valence-corrected chi connectivity index (χ2v) is 21.1. The standard InChI is InChI=1S/C62H119NO5/c1-4-7-10-13-16-19-22-25-28-30-31-34-37-40-43-46-49-52-55-62(67)68-58(53-50-47-44-41-38-35-32-27-24-21-18-15-12-9-6-3)56-61(66)63-59(57-64)60(65)54-51-48-45-42-39-36-33-29-26-23-20-17-14-11-8-5-2/h27,31-32,34,58-60,64-65H,4-26,28-30,33,35-57H2,1-3H3,(H,63,66)/b32-27+,34-31+. The molecule has 0 radical (unpaired) electrons. The summed E-state index contributed by atoms with van der Waals surface area (Å²) in [4.78, 5) is 26.3. The van der Waals surface area contributed by atoms with Gasteiger partial charge in [-0.25, -0.2) is 0 Å². The SMILES string of the molecule is CCCCCCCC/C=C/CCCCCCCC(CC(=O)NC(CO)C(O)CCCCCCCCCCCCCCCCCC)OC(=O)CCCCCCC/C=C/CCCCCCCCCCC. The van der Waals surface area contributed by atoms with Crippen LogP contribution >= 0.6 is 0 Å². The van der Waals surface area contributed by atoms with Crippen LogP contribution in [0.2, 0.25) is 0 Å². The first-order valence-corrected chi connectivity index (χ1v) is 30.6. The summed E-state index contributed by atoms with van der Waals surface area (Å²) in [7, 11) is 0. The van der Waals surface area contributed by atoms with Crippen LogP contribution in [0.3, 0.4) is 0 Å². The molecule has 6 nitrogen and oxygen atoms in total. The zero-order chi connectivity index (χ0) is 49.5. The van der Waals surface area contributed by atoms with E-state index in [2.05, 4.69) is 50.4 Å². The molecule has 0 aromatic carbocycles. The molecule has 0 aliphatic rings. The van der Waals surface area contributed by atoms with Gasteiger partial charge in [-0.15, -0.1) is 0 Å². The Bertz CT molecular complexity index is 1080. The van der Waals surface area contributed by atoms with E-state index in [4.69, 9.17) is 4.74 Å². The lowest BCUT2D eigenvalue weighted by Crippen LogP contribution is -2.46. The lowest BCUT2D eigenvalue weighted by Gasteiger charge is -2.24. The van der Waals surface area contributed by atoms with E-state index in [9.17, 15) is 19.8 Å². The first-order valence-electron chi connectivity index (χ1n) is 30.6. The average molecular weight is 959 g/mol. The largest absolute Gasteiger partial charge is 0.462 e. The number of aliphatic hydroxyl groups excluding tert-OH is 2. The Morgan fingerprint density at radius 1 is 0.412 bits per heavy atom. The quantitative estimate of drug-likeness (QED) is 0.0321. The van der Waals surface area contributed by atoms with Gasteiger partial charge >= 0.3 is 5.97 Å². The summed E-state index contributed by atoms with van der Waals surface area (Å²) in [6.45, 7) is 6.52. The molecule has 0 aromatic rings. The van der Waals surface area contributed by atoms with E-state index in [-0.39, 0.29) is 24.9 Å². The third-order valence-electron chi connectivity index (χ3n) is 14.3. The Kier molecular flexibility index (Phi) is 54.9. The van der Waals surface area contributed by atoms with Crippen molar-refractivity contribution < 1.29 is 24.5 Å². The first-order chi connectivity index (χ1) is 33.5. The minimum atomic E-state index is -0.789. The molecule has 0 fully saturated rings. The van der Waals surface area contributed by atoms with Gasteiger partial charge in [0.05, 0.1) is 25.2 Å². The van der Waals surface area contributed by atoms with Crippen molar-refractivity contribution in [2.45, 2.75) is 354 Å². The van der Waals surface area contributed by atoms with Gasteiger partial charge in [0, 0.05) is 6.42 Å². The summed E-state index contributed by atoms with van der Waals surface area (Å²) in [5.41, 5.74) is 0. The molecule has 1 amide bonds. The average Bonchev–Trinajstić information content (AvgIpc) is 3.33. The third-order valence-corrected chi connectivity index (χ3v) is 14.3. The summed E-state index contributed by atoms with van der Waals surface area (Å²) in [5.74, 6) is -0.472. The van der Waals surface area contributed by atoms with Gasteiger partial charge in [0.1, 0.15) is 6.10 Å². The molecule has 3 unspecified atom stereocenters. The Morgan fingerprint density at radius 2 is 0.706 bits per heavy atom. The minimum Gasteiger partial charge on any atom is -0.462 e. The predicted molar refractivity (Wildman–Crippen MR) is 296 cm³/mol. The number of ether oxygens (including phenoxy) is 1. The van der Waals surface area contributed by atoms with Crippen LogP contribution in [-0.2, 0) is 14.3 Å². The van der Waals surface area contributed by atoms with Crippen molar-refractivity contribution >= 4 is 11.9 Å². The molecule has 68 heavy (non-hydrogen) atoms. The number of carbonyl (C=O) groups is 2. The Labute approximate surface area is 424 Å². The van der Waals surface area contributed by atoms with Crippen molar-refractivity contribution in [3.05, 3.63) is 24.3 Å². The highest BCUT2D eigenvalue weighted by molar-refractivity contribution is 5.77. The number of hydrogen-bond acceptors (Lipinski definition) is 5. The molecule has 402 valence electrons. The molecule has 3 N–H and O–H groups in total. The maximum Gasteiger partial charge on any atom is 0.306 e. The molecule has 0 aromatic heterocycles. The van der Waals surface area contributed by atoms with Gasteiger partial charge in [-0.3, -0.25) is 9.59 Å². The smallest absolute Gasteiger partial charge is 0.306 e. The van der Waals surface area contributed by atoms with Crippen molar-refractivity contribution in [2.24, 2.45) is 0 Å². The van der Waals surface area contributed by atoms with Crippen LogP contribution in [0.15, 0.2) is 24.3 Å². The van der Waals surface area contributed by atoms with Crippen molar-refractivity contribution in [1.29, 1.82) is 0 Å². The Hall–Kier alpha value is -1.66. The normalized spacial score (nSPS) is 13.2. The number of hydrogen-bond donors (Lipinski definition) is 3. The number of nitrogens with one attached hydrogen (secondary N) is 1. The lowest BCUT2D eigenvalue weighted by molar-refractivity contribution is -0.151. The summed E-state index contributed by atoms with van der Waals surface area (Å²) in [5, 5.41) is 23.9. The maximum atomic E-state index is 13.3. The molecule has 0 saturated carbocycles. The van der Waals surface area contributed by atoms with Gasteiger partial charge in [-0.05, 0) is 77.0 Å². The highest BCUT2D eigenvalue weighted by atomic mass is 16.5. The van der Waals surface area contributed by atoms with Crippen molar-refractivity contribution in [3.63, 3.8) is 0 Å². The number of allylic oxidation sites excluding steroid dienone is 4. The molecule has 0 aliphatic carbocycles. The Balaban J connectivity index is 4.52. The first kappa shape index (κ1) is 66.3. The molecular weight excluding hydrogens is 839 g/mol. The number of esters is 1. The summed E-state index contributed by atoms with van der Waals surface area (Å²) in [6.07, 6.45) is 66.8. The van der Waals surface area contributed by atoms with Crippen molar-refractivity contribution in [3.8, 4) is 0 Å². The third kappa shape index (κ3) is 50.7. The number of rotatable bonds is 56. The molecule has 6 heteroatoms. The van der Waals surface area contributed by atoms with Crippen LogP contribution in [0.5, 0.6) is 0 Å². The molecule has 0 aliphatic heterocycles. The summed E-state index contributed by atoms with van der Waals surface area (Å²) >= 11 is 0. The van der Waals surface area contributed by atoms with E-state index >= 15 is 0 Å². The van der Waals surface area contributed by atoms with Crippen molar-refractivity contribution in [1.82, 2.24) is 5.32 Å². The highest BCUT2D eigenvalue weighted by Gasteiger charge is 2.24. The molecule has 0 spiro atoms. The molecule has 0 heterocycles. The summed E-state index contributed by atoms with van der Waals surface area (Å²) < 4.78 is 5.97. The van der Waals surface area contributed by atoms with E-state index in [1.54, 1.807) is 0 Å². The zero-order valence-electron chi connectivity index (χ0n) is 46.0. The van der Waals surface area contributed by atoms with Crippen LogP contribution in [0.25, 0.3) is 0 Å². The van der Waals surface area contributed by atoms with Gasteiger partial charge in [0.2, 0.25) is 5.91 Å². The van der Waals surface area contributed by atoms with Crippen LogP contribution in [-0.4, -0.2) is 46.9 Å². The van der Waals surface area contributed by atoms with Gasteiger partial charge < -0.3 is 20.3 Å². The molecular formula is C62H119NO5. The summed E-state index contributed by atoms with van der Waals surface area (Å²) in [6, 6.07) is -0.703. The molecule has 3 atom stereocenters. The second-order valence-electron chi connectivity index (χ2n) is 21.1. The fourth-order valence-electron chi connectivity index (χ4n) is 9.60. The topological polar surface area (TPSA) is 95.9 Å². The monoisotopic (exact) mass is 958 g/mol. The van der Waals surface area contributed by atoms with Gasteiger partial charge in [-0.2, -0.15) is 0 Å². The fourth-order valence-corrected chi connectivity index (χ4v) is 9.60. The van der Waals surface area contributed by atoms with Gasteiger partial charge in [0.15, 0.2) is 0 Å². The van der Waals surface area contributed by atoms with E-state index in [0.29, 0.717) is 19.3 Å². The van der Waals surface area contributed by atoms with E-state index in [1.165, 1.54) is 225 Å². The molecule has 0 rings (SSSR count). The second kappa shape index (κ2) is 56.3. The number of aliphatic hydroxyl groups is 2. The highest BCUT2D eigenvalue weighted by Crippen LogP contribution is 2.19. The molecule has 0 saturated heterocycles. The van der Waals surface area contributed by atoms with Gasteiger partial charge in [0.25, 0.3) is 0 Å². The Morgan fingerprint density at radius 3 is 1.04 bits per heavy atom. The number of carbonyl (C=O) groups excluding carboxylic acids is 2. The minimum absolute atomic E-state index is 0.0735. The van der Waals surface area contributed by atoms with Crippen molar-refractivity contribution in [2.75, 3.05) is 6.61 Å². The maximum absolute atomic E-state index is 13.3. The lowest BCUT2D eigenvalue weighted by atomic mass is 10.0. The van der Waals surface area contributed by atoms with E-state index in [1.807, 2.05) is 0 Å². The zero-order valence-corrected chi connectivity index (χ0v) is 46.0. The van der Waals surface area contributed by atoms with Crippen LogP contribution < -0.4 is 5.32 Å². The fraction of sp³-hybridized carbons (Fsp3) is 0.903. The number of amides is 1. The van der Waals surface area contributed by atoms with Gasteiger partial charge in [-0.1, -0.05) is 270 Å². The van der Waals surface area contributed by atoms with E-state index in [0.717, 1.165) is 64.2 Å². The van der Waals surface area contributed by atoms with E-state index < -0.39 is 18.2 Å². The van der Waals surface area contributed by atoms with Crippen LogP contribution in [0.1, 0.15) is 335 Å². The van der Waals surface area contributed by atoms with Crippen LogP contribution in [0.4, 0.5) is 0 Å². The molecule has 0 bridgehead atoms. The predicted octanol–water partition coefficient (Wildman–Crippen LogP) is 19.0.